The molecule has 3 aromatic rings. The van der Waals surface area contributed by atoms with Crippen molar-refractivity contribution in [2.45, 2.75) is 18.9 Å². The maximum Gasteiger partial charge on any atom is 0.341 e. The first-order valence-electron chi connectivity index (χ1n) is 7.73. The molecule has 0 radical (unpaired) electrons. The van der Waals surface area contributed by atoms with E-state index in [1.807, 2.05) is 12.1 Å². The van der Waals surface area contributed by atoms with Gasteiger partial charge < -0.3 is 10.0 Å². The Labute approximate surface area is 137 Å². The lowest BCUT2D eigenvalue weighted by Crippen LogP contribution is -2.24. The van der Waals surface area contributed by atoms with Gasteiger partial charge in [-0.25, -0.2) is 18.7 Å². The van der Waals surface area contributed by atoms with Crippen molar-refractivity contribution in [3.63, 3.8) is 0 Å². The van der Waals surface area contributed by atoms with Crippen LogP contribution in [0.1, 0.15) is 34.8 Å². The predicted octanol–water partition coefficient (Wildman–Crippen LogP) is 2.91. The molecule has 0 saturated carbocycles. The number of halogens is 1. The van der Waals surface area contributed by atoms with Crippen LogP contribution >= 0.6 is 0 Å². The largest absolute Gasteiger partial charge is 0.477 e. The molecule has 122 valence electrons. The number of rotatable bonds is 3. The molecule has 0 bridgehead atoms. The van der Waals surface area contributed by atoms with Gasteiger partial charge in [0.05, 0.1) is 12.2 Å². The van der Waals surface area contributed by atoms with Crippen LogP contribution in [-0.4, -0.2) is 32.2 Å². The van der Waals surface area contributed by atoms with Crippen molar-refractivity contribution in [1.29, 1.82) is 0 Å². The second-order valence-electron chi connectivity index (χ2n) is 5.82. The Bertz CT molecular complexity index is 924. The van der Waals surface area contributed by atoms with Gasteiger partial charge >= 0.3 is 5.97 Å². The Morgan fingerprint density at radius 1 is 1.33 bits per heavy atom. The third-order valence-corrected chi connectivity index (χ3v) is 4.37. The number of hydrogen-bond acceptors (Lipinski definition) is 4. The molecule has 1 saturated heterocycles. The minimum absolute atomic E-state index is 0.0341. The third-order valence-electron chi connectivity index (χ3n) is 4.37. The normalized spacial score (nSPS) is 17.5. The van der Waals surface area contributed by atoms with Crippen molar-refractivity contribution >= 4 is 17.4 Å². The van der Waals surface area contributed by atoms with E-state index in [1.54, 1.807) is 18.3 Å². The molecular formula is C17H15FN4O2. The van der Waals surface area contributed by atoms with Crippen LogP contribution in [-0.2, 0) is 0 Å². The fourth-order valence-electron chi connectivity index (χ4n) is 3.27. The lowest BCUT2D eigenvalue weighted by molar-refractivity contribution is 0.0699. The molecule has 1 atom stereocenters. The standard InChI is InChI=1S/C17H15FN4O2/c18-12-4-1-3-11(9-12)14-5-2-7-21(14)15-6-8-22-16(20-15)13(10-19-22)17(23)24/h1,3-4,6,8-10,14H,2,5,7H2,(H,23,24). The zero-order valence-corrected chi connectivity index (χ0v) is 12.8. The molecule has 1 fully saturated rings. The number of aromatic carboxylic acids is 1. The van der Waals surface area contributed by atoms with Crippen LogP contribution in [0.2, 0.25) is 0 Å². The van der Waals surface area contributed by atoms with Crippen LogP contribution in [0.25, 0.3) is 5.65 Å². The van der Waals surface area contributed by atoms with Crippen LogP contribution in [0.15, 0.2) is 42.7 Å². The lowest BCUT2D eigenvalue weighted by Gasteiger charge is -2.26. The number of hydrogen-bond donors (Lipinski definition) is 1. The summed E-state index contributed by atoms with van der Waals surface area (Å²) in [6.45, 7) is 0.793. The van der Waals surface area contributed by atoms with E-state index in [9.17, 15) is 14.3 Å². The van der Waals surface area contributed by atoms with Crippen molar-refractivity contribution < 1.29 is 14.3 Å². The van der Waals surface area contributed by atoms with E-state index in [2.05, 4.69) is 15.0 Å². The monoisotopic (exact) mass is 326 g/mol. The number of carboxylic acid groups (broad SMARTS) is 1. The number of aromatic nitrogens is 3. The first-order valence-corrected chi connectivity index (χ1v) is 7.73. The molecule has 7 heteroatoms. The van der Waals surface area contributed by atoms with Gasteiger partial charge in [-0.2, -0.15) is 5.10 Å². The highest BCUT2D eigenvalue weighted by Gasteiger charge is 2.28. The minimum Gasteiger partial charge on any atom is -0.477 e. The van der Waals surface area contributed by atoms with E-state index in [0.29, 0.717) is 11.5 Å². The minimum atomic E-state index is -1.06. The van der Waals surface area contributed by atoms with Gasteiger partial charge in [0.2, 0.25) is 0 Å². The molecule has 1 aliphatic heterocycles. The Kier molecular flexibility index (Phi) is 3.41. The molecule has 1 aromatic carbocycles. The topological polar surface area (TPSA) is 70.7 Å². The number of fused-ring (bicyclic) bond motifs is 1. The summed E-state index contributed by atoms with van der Waals surface area (Å²) < 4.78 is 15.0. The van der Waals surface area contributed by atoms with Gasteiger partial charge in [0.1, 0.15) is 17.2 Å². The zero-order valence-electron chi connectivity index (χ0n) is 12.8. The summed E-state index contributed by atoms with van der Waals surface area (Å²) in [4.78, 5) is 17.9. The molecule has 0 amide bonds. The molecule has 1 unspecified atom stereocenters. The Morgan fingerprint density at radius 2 is 2.21 bits per heavy atom. The van der Waals surface area contributed by atoms with Crippen LogP contribution in [0.4, 0.5) is 10.2 Å². The average Bonchev–Trinajstić information content (AvgIpc) is 3.21. The fourth-order valence-corrected chi connectivity index (χ4v) is 3.27. The van der Waals surface area contributed by atoms with Gasteiger partial charge in [-0.3, -0.25) is 0 Å². The lowest BCUT2D eigenvalue weighted by atomic mass is 10.0. The van der Waals surface area contributed by atoms with Gasteiger partial charge in [-0.15, -0.1) is 0 Å². The average molecular weight is 326 g/mol. The van der Waals surface area contributed by atoms with Crippen LogP contribution < -0.4 is 4.90 Å². The summed E-state index contributed by atoms with van der Waals surface area (Å²) in [5.41, 5.74) is 1.28. The van der Waals surface area contributed by atoms with E-state index in [-0.39, 0.29) is 17.4 Å². The van der Waals surface area contributed by atoms with Gasteiger partial charge in [0.25, 0.3) is 0 Å². The number of benzene rings is 1. The summed E-state index contributed by atoms with van der Waals surface area (Å²) in [6, 6.07) is 8.43. The van der Waals surface area contributed by atoms with E-state index in [4.69, 9.17) is 0 Å². The zero-order chi connectivity index (χ0) is 16.7. The number of carbonyl (C=O) groups is 1. The molecule has 1 aliphatic rings. The molecule has 3 heterocycles. The summed E-state index contributed by atoms with van der Waals surface area (Å²) in [7, 11) is 0. The van der Waals surface area contributed by atoms with Gasteiger partial charge in [0.15, 0.2) is 5.65 Å². The summed E-state index contributed by atoms with van der Waals surface area (Å²) in [5.74, 6) is -0.637. The van der Waals surface area contributed by atoms with Gasteiger partial charge in [-0.05, 0) is 36.6 Å². The highest BCUT2D eigenvalue weighted by atomic mass is 19.1. The van der Waals surface area contributed by atoms with Crippen LogP contribution in [0.3, 0.4) is 0 Å². The highest BCUT2D eigenvalue weighted by molar-refractivity contribution is 5.94. The molecule has 0 aliphatic carbocycles. The maximum atomic E-state index is 13.5. The van der Waals surface area contributed by atoms with Crippen LogP contribution in [0, 0.1) is 5.82 Å². The first kappa shape index (κ1) is 14.6. The van der Waals surface area contributed by atoms with E-state index in [1.165, 1.54) is 16.8 Å². The molecule has 24 heavy (non-hydrogen) atoms. The quantitative estimate of drug-likeness (QED) is 0.801. The van der Waals surface area contributed by atoms with Crippen molar-refractivity contribution in [2.24, 2.45) is 0 Å². The SMILES string of the molecule is O=C(O)c1cnn2ccc(N3CCCC3c3cccc(F)c3)nc12. The van der Waals surface area contributed by atoms with Gasteiger partial charge in [0, 0.05) is 12.7 Å². The highest BCUT2D eigenvalue weighted by Crippen LogP contribution is 2.35. The number of anilines is 1. The van der Waals surface area contributed by atoms with Crippen molar-refractivity contribution in [1.82, 2.24) is 14.6 Å². The molecule has 0 spiro atoms. The number of carboxylic acids is 1. The summed E-state index contributed by atoms with van der Waals surface area (Å²) >= 11 is 0. The Hall–Kier alpha value is -2.96. The molecule has 1 N–H and O–H groups in total. The summed E-state index contributed by atoms with van der Waals surface area (Å²) in [6.07, 6.45) is 4.87. The first-order chi connectivity index (χ1) is 11.6. The van der Waals surface area contributed by atoms with Crippen molar-refractivity contribution in [3.8, 4) is 0 Å². The van der Waals surface area contributed by atoms with Gasteiger partial charge in [-0.1, -0.05) is 12.1 Å². The third kappa shape index (κ3) is 2.38. The number of nitrogens with zero attached hydrogens (tertiary/aromatic N) is 4. The molecule has 4 rings (SSSR count). The van der Waals surface area contributed by atoms with E-state index >= 15 is 0 Å². The molecule has 6 nitrogen and oxygen atoms in total. The van der Waals surface area contributed by atoms with E-state index < -0.39 is 5.97 Å². The fraction of sp³-hybridized carbons (Fsp3) is 0.235. The van der Waals surface area contributed by atoms with Crippen LogP contribution in [0.5, 0.6) is 0 Å². The van der Waals surface area contributed by atoms with Crippen molar-refractivity contribution in [2.75, 3.05) is 11.4 Å². The Morgan fingerprint density at radius 3 is 3.00 bits per heavy atom. The molecule has 2 aromatic heterocycles. The summed E-state index contributed by atoms with van der Waals surface area (Å²) in [5, 5.41) is 13.2. The van der Waals surface area contributed by atoms with Crippen molar-refractivity contribution in [3.05, 3.63) is 59.7 Å². The van der Waals surface area contributed by atoms with E-state index in [0.717, 1.165) is 24.9 Å². The second kappa shape index (κ2) is 5.59. The maximum absolute atomic E-state index is 13.5. The second-order valence-corrected chi connectivity index (χ2v) is 5.82. The smallest absolute Gasteiger partial charge is 0.341 e. The predicted molar refractivity (Wildman–Crippen MR) is 85.7 cm³/mol. The molecular weight excluding hydrogens is 311 g/mol. The Balaban J connectivity index is 1.75.